The molecule has 5 aromatic carbocycles. The Kier molecular flexibility index (Phi) is 9.39. The Morgan fingerprint density at radius 1 is 0.782 bits per heavy atom. The number of imide groups is 1. The smallest absolute Gasteiger partial charge is 0.415 e. The van der Waals surface area contributed by atoms with E-state index in [2.05, 4.69) is 10.2 Å². The van der Waals surface area contributed by atoms with Crippen LogP contribution in [0.2, 0.25) is 0 Å². The number of fused-ring (bicyclic) bond motifs is 2. The van der Waals surface area contributed by atoms with E-state index in [1.165, 1.54) is 0 Å². The molecule has 5 amide bonds. The van der Waals surface area contributed by atoms with Crippen molar-refractivity contribution in [2.45, 2.75) is 25.4 Å². The number of hydrogen-bond donors (Lipinski definition) is 1. The average molecular weight is 738 g/mol. The van der Waals surface area contributed by atoms with Gasteiger partial charge in [-0.1, -0.05) is 42.5 Å². The molecule has 2 saturated heterocycles. The lowest BCUT2D eigenvalue weighted by Crippen LogP contribution is -2.52. The van der Waals surface area contributed by atoms with Crippen LogP contribution >= 0.6 is 0 Å². The summed E-state index contributed by atoms with van der Waals surface area (Å²) in [7, 11) is 3.45. The summed E-state index contributed by atoms with van der Waals surface area (Å²) in [5.74, 6) is 0.618. The number of anilines is 1. The molecule has 0 saturated carbocycles. The second-order valence-electron chi connectivity index (χ2n) is 14.1. The fourth-order valence-electron chi connectivity index (χ4n) is 7.39. The minimum atomic E-state index is -0.659. The molecule has 12 heteroatoms. The van der Waals surface area contributed by atoms with Crippen molar-refractivity contribution in [3.8, 4) is 28.4 Å². The standard InChI is InChI=1S/C43H39N5O7/c1-45(2)41(51)29-9-7-28(8-10-29)35-17-11-27-5-3-4-6-34(27)39(35)54-32-13-15-33(16-14-32)55-43(53)47-23-21-46(22-24-47)31-12-18-36-30(25-31)26-48(42(36)52)37-19-20-38(49)44-40(37)50/h3-18,25,37H,19-24,26H2,1-2H3,(H,44,49,50). The highest BCUT2D eigenvalue weighted by atomic mass is 16.6. The highest BCUT2D eigenvalue weighted by Crippen LogP contribution is 2.40. The van der Waals surface area contributed by atoms with Crippen LogP contribution in [0.15, 0.2) is 103 Å². The molecule has 1 unspecified atom stereocenters. The molecule has 0 bridgehead atoms. The van der Waals surface area contributed by atoms with Crippen molar-refractivity contribution < 1.29 is 33.4 Å². The third kappa shape index (κ3) is 7.06. The largest absolute Gasteiger partial charge is 0.456 e. The molecule has 8 rings (SSSR count). The Labute approximate surface area is 317 Å². The number of piperidine rings is 1. The number of benzene rings is 5. The third-order valence-electron chi connectivity index (χ3n) is 10.4. The Bertz CT molecular complexity index is 2330. The highest BCUT2D eigenvalue weighted by molar-refractivity contribution is 6.05. The van der Waals surface area contributed by atoms with Crippen LogP contribution in [0.5, 0.6) is 17.2 Å². The van der Waals surface area contributed by atoms with E-state index in [1.807, 2.05) is 72.8 Å². The second-order valence-corrected chi connectivity index (χ2v) is 14.1. The summed E-state index contributed by atoms with van der Waals surface area (Å²) in [5.41, 5.74) is 4.72. The number of amides is 5. The first-order valence-corrected chi connectivity index (χ1v) is 18.2. The van der Waals surface area contributed by atoms with Crippen LogP contribution in [-0.2, 0) is 16.1 Å². The van der Waals surface area contributed by atoms with Crippen LogP contribution in [-0.4, -0.2) is 90.7 Å². The quantitative estimate of drug-likeness (QED) is 0.199. The third-order valence-corrected chi connectivity index (χ3v) is 10.4. The van der Waals surface area contributed by atoms with E-state index in [0.29, 0.717) is 67.5 Å². The lowest BCUT2D eigenvalue weighted by Gasteiger charge is -2.35. The summed E-state index contributed by atoms with van der Waals surface area (Å²) in [6.45, 7) is 2.36. The van der Waals surface area contributed by atoms with Gasteiger partial charge in [0.2, 0.25) is 11.8 Å². The normalized spacial score (nSPS) is 16.9. The first kappa shape index (κ1) is 35.3. The van der Waals surface area contributed by atoms with Crippen molar-refractivity contribution in [3.63, 3.8) is 0 Å². The van der Waals surface area contributed by atoms with Gasteiger partial charge < -0.3 is 29.1 Å². The summed E-state index contributed by atoms with van der Waals surface area (Å²) < 4.78 is 12.3. The Morgan fingerprint density at radius 3 is 2.22 bits per heavy atom. The van der Waals surface area contributed by atoms with Crippen molar-refractivity contribution >= 4 is 46.2 Å². The molecular weight excluding hydrogens is 699 g/mol. The van der Waals surface area contributed by atoms with Gasteiger partial charge in [-0.05, 0) is 83.6 Å². The minimum Gasteiger partial charge on any atom is -0.456 e. The van der Waals surface area contributed by atoms with Gasteiger partial charge in [0.15, 0.2) is 0 Å². The number of ether oxygens (including phenoxy) is 2. The second kappa shape index (κ2) is 14.6. The van der Waals surface area contributed by atoms with Crippen LogP contribution in [0.25, 0.3) is 21.9 Å². The lowest BCUT2D eigenvalue weighted by molar-refractivity contribution is -0.136. The number of nitrogens with zero attached hydrogens (tertiary/aromatic N) is 4. The molecule has 55 heavy (non-hydrogen) atoms. The maximum absolute atomic E-state index is 13.2. The molecule has 278 valence electrons. The molecule has 0 radical (unpaired) electrons. The topological polar surface area (TPSA) is 129 Å². The highest BCUT2D eigenvalue weighted by Gasteiger charge is 2.39. The van der Waals surface area contributed by atoms with Gasteiger partial charge in [-0.2, -0.15) is 0 Å². The van der Waals surface area contributed by atoms with Crippen LogP contribution < -0.4 is 19.7 Å². The van der Waals surface area contributed by atoms with Crippen LogP contribution in [0, 0.1) is 0 Å². The molecule has 1 atom stereocenters. The number of hydrogen-bond acceptors (Lipinski definition) is 8. The zero-order valence-electron chi connectivity index (χ0n) is 30.5. The number of piperazine rings is 1. The maximum Gasteiger partial charge on any atom is 0.415 e. The van der Waals surface area contributed by atoms with Gasteiger partial charge in [0, 0.05) is 81.0 Å². The summed E-state index contributed by atoms with van der Waals surface area (Å²) in [5, 5.41) is 4.30. The number of carbonyl (C=O) groups is 5. The molecular formula is C43H39N5O7. The van der Waals surface area contributed by atoms with Crippen molar-refractivity contribution in [3.05, 3.63) is 120 Å². The van der Waals surface area contributed by atoms with E-state index in [1.54, 1.807) is 59.1 Å². The van der Waals surface area contributed by atoms with E-state index in [-0.39, 0.29) is 24.1 Å². The molecule has 3 heterocycles. The fraction of sp³-hybridized carbons (Fsp3) is 0.233. The molecule has 0 aromatic heterocycles. The predicted molar refractivity (Wildman–Crippen MR) is 206 cm³/mol. The van der Waals surface area contributed by atoms with Gasteiger partial charge in [0.1, 0.15) is 23.3 Å². The zero-order valence-corrected chi connectivity index (χ0v) is 30.5. The van der Waals surface area contributed by atoms with E-state index in [0.717, 1.165) is 33.2 Å². The fourth-order valence-corrected chi connectivity index (χ4v) is 7.39. The van der Waals surface area contributed by atoms with Gasteiger partial charge >= 0.3 is 6.09 Å². The summed E-state index contributed by atoms with van der Waals surface area (Å²) in [4.78, 5) is 69.7. The van der Waals surface area contributed by atoms with Crippen LogP contribution in [0.1, 0.15) is 39.1 Å². The molecule has 0 aliphatic carbocycles. The molecule has 0 spiro atoms. The lowest BCUT2D eigenvalue weighted by atomic mass is 9.98. The number of nitrogens with one attached hydrogen (secondary N) is 1. The van der Waals surface area contributed by atoms with Gasteiger partial charge in [-0.25, -0.2) is 4.79 Å². The molecule has 3 aliphatic rings. The monoisotopic (exact) mass is 737 g/mol. The Hall–Kier alpha value is -6.69. The Morgan fingerprint density at radius 2 is 1.49 bits per heavy atom. The van der Waals surface area contributed by atoms with Crippen LogP contribution in [0.3, 0.4) is 0 Å². The Balaban J connectivity index is 0.897. The van der Waals surface area contributed by atoms with E-state index >= 15 is 0 Å². The van der Waals surface area contributed by atoms with Crippen molar-refractivity contribution in [1.29, 1.82) is 0 Å². The molecule has 12 nitrogen and oxygen atoms in total. The molecule has 3 aliphatic heterocycles. The van der Waals surface area contributed by atoms with Gasteiger partial charge in [-0.3, -0.25) is 24.5 Å². The van der Waals surface area contributed by atoms with Gasteiger partial charge in [0.25, 0.3) is 11.8 Å². The minimum absolute atomic E-state index is 0.0676. The molecule has 2 fully saturated rings. The van der Waals surface area contributed by atoms with E-state index < -0.39 is 18.0 Å². The van der Waals surface area contributed by atoms with Gasteiger partial charge in [0.05, 0.1) is 0 Å². The van der Waals surface area contributed by atoms with E-state index in [4.69, 9.17) is 9.47 Å². The van der Waals surface area contributed by atoms with Crippen LogP contribution in [0.4, 0.5) is 10.5 Å². The van der Waals surface area contributed by atoms with Crippen molar-refractivity contribution in [2.24, 2.45) is 0 Å². The van der Waals surface area contributed by atoms with Gasteiger partial charge in [-0.15, -0.1) is 0 Å². The number of carbonyl (C=O) groups excluding carboxylic acids is 5. The SMILES string of the molecule is CN(C)C(=O)c1ccc(-c2ccc3ccccc3c2Oc2ccc(OC(=O)N3CCN(c4ccc5c(c4)CN(C4CCC(=O)NC4=O)C5=O)CC3)cc2)cc1. The van der Waals surface area contributed by atoms with E-state index in [9.17, 15) is 24.0 Å². The zero-order chi connectivity index (χ0) is 38.2. The summed E-state index contributed by atoms with van der Waals surface area (Å²) in [6.07, 6.45) is 0.0823. The first-order valence-electron chi connectivity index (χ1n) is 18.2. The predicted octanol–water partition coefficient (Wildman–Crippen LogP) is 6.08. The maximum atomic E-state index is 13.2. The van der Waals surface area contributed by atoms with Crippen molar-refractivity contribution in [2.75, 3.05) is 45.2 Å². The molecule has 5 aromatic rings. The summed E-state index contributed by atoms with van der Waals surface area (Å²) in [6, 6.07) is 31.5. The summed E-state index contributed by atoms with van der Waals surface area (Å²) >= 11 is 0. The van der Waals surface area contributed by atoms with Crippen molar-refractivity contribution in [1.82, 2.24) is 20.0 Å². The first-order chi connectivity index (χ1) is 26.6. The molecule has 1 N–H and O–H groups in total. The number of rotatable bonds is 7. The average Bonchev–Trinajstić information content (AvgIpc) is 3.53.